The number of rotatable bonds is 7. The highest BCUT2D eigenvalue weighted by Gasteiger charge is 2.22. The average molecular weight is 234 g/mol. The molecular weight excluding hydrogens is 212 g/mol. The fourth-order valence-corrected chi connectivity index (χ4v) is 1.97. The molecule has 0 aromatic heterocycles. The molecule has 0 aliphatic rings. The lowest BCUT2D eigenvalue weighted by Crippen LogP contribution is -2.45. The number of hydrogen-bond donors (Lipinski definition) is 3. The van der Waals surface area contributed by atoms with Crippen molar-refractivity contribution in [2.45, 2.75) is 25.9 Å². The topological polar surface area (TPSA) is 75.4 Å². The summed E-state index contributed by atoms with van der Waals surface area (Å²) in [7, 11) is 0. The van der Waals surface area contributed by atoms with Gasteiger partial charge in [-0.3, -0.25) is 4.79 Å². The number of thioether (sulfide) groups is 1. The van der Waals surface area contributed by atoms with Crippen molar-refractivity contribution in [3.05, 3.63) is 0 Å². The van der Waals surface area contributed by atoms with E-state index in [-0.39, 0.29) is 18.4 Å². The highest BCUT2D eigenvalue weighted by atomic mass is 32.2. The van der Waals surface area contributed by atoms with Gasteiger partial charge in [0, 0.05) is 24.8 Å². The Morgan fingerprint density at radius 1 is 1.67 bits per heavy atom. The molecule has 0 aromatic carbocycles. The van der Waals surface area contributed by atoms with Gasteiger partial charge in [-0.25, -0.2) is 0 Å². The standard InChI is InChI=1S/C10H22N2O2S/c1-4-8(5-11)9(13)12-6-10(2,14)7-15-3/h8,14H,4-7,11H2,1-3H3,(H,12,13). The summed E-state index contributed by atoms with van der Waals surface area (Å²) in [5.41, 5.74) is 4.61. The predicted molar refractivity (Wildman–Crippen MR) is 64.9 cm³/mol. The van der Waals surface area contributed by atoms with Crippen molar-refractivity contribution in [3.8, 4) is 0 Å². The van der Waals surface area contributed by atoms with Crippen molar-refractivity contribution in [1.82, 2.24) is 5.32 Å². The van der Waals surface area contributed by atoms with Crippen molar-refractivity contribution >= 4 is 17.7 Å². The van der Waals surface area contributed by atoms with E-state index in [1.165, 1.54) is 0 Å². The fourth-order valence-electron chi connectivity index (χ4n) is 1.24. The van der Waals surface area contributed by atoms with Gasteiger partial charge in [0.1, 0.15) is 0 Å². The molecule has 0 aliphatic carbocycles. The Labute approximate surface area is 96.0 Å². The van der Waals surface area contributed by atoms with Crippen LogP contribution in [0.15, 0.2) is 0 Å². The summed E-state index contributed by atoms with van der Waals surface area (Å²) in [5, 5.41) is 12.6. The van der Waals surface area contributed by atoms with Crippen LogP contribution >= 0.6 is 11.8 Å². The summed E-state index contributed by atoms with van der Waals surface area (Å²) in [5.74, 6) is 0.392. The first-order valence-corrected chi connectivity index (χ1v) is 6.55. The number of hydrogen-bond acceptors (Lipinski definition) is 4. The lowest BCUT2D eigenvalue weighted by atomic mass is 10.1. The van der Waals surface area contributed by atoms with Gasteiger partial charge in [-0.15, -0.1) is 0 Å². The lowest BCUT2D eigenvalue weighted by molar-refractivity contribution is -0.125. The maximum atomic E-state index is 11.5. The van der Waals surface area contributed by atoms with Gasteiger partial charge in [0.25, 0.3) is 0 Å². The fraction of sp³-hybridized carbons (Fsp3) is 0.900. The Morgan fingerprint density at radius 3 is 2.67 bits per heavy atom. The van der Waals surface area contributed by atoms with E-state index in [2.05, 4.69) is 5.32 Å². The number of nitrogens with one attached hydrogen (secondary N) is 1. The summed E-state index contributed by atoms with van der Waals surface area (Å²) in [4.78, 5) is 11.5. The molecule has 1 amide bonds. The molecule has 0 aliphatic heterocycles. The van der Waals surface area contributed by atoms with Crippen LogP contribution in [-0.2, 0) is 4.79 Å². The number of carbonyl (C=O) groups excluding carboxylic acids is 1. The van der Waals surface area contributed by atoms with E-state index in [0.717, 1.165) is 6.42 Å². The molecular formula is C10H22N2O2S. The van der Waals surface area contributed by atoms with Crippen LogP contribution < -0.4 is 11.1 Å². The first-order chi connectivity index (χ1) is 6.96. The van der Waals surface area contributed by atoms with Crippen LogP contribution in [0.5, 0.6) is 0 Å². The lowest BCUT2D eigenvalue weighted by Gasteiger charge is -2.23. The van der Waals surface area contributed by atoms with Crippen molar-refractivity contribution < 1.29 is 9.90 Å². The monoisotopic (exact) mass is 234 g/mol. The minimum absolute atomic E-state index is 0.0682. The van der Waals surface area contributed by atoms with Crippen LogP contribution in [0.2, 0.25) is 0 Å². The van der Waals surface area contributed by atoms with Gasteiger partial charge < -0.3 is 16.2 Å². The minimum Gasteiger partial charge on any atom is -0.387 e. The highest BCUT2D eigenvalue weighted by Crippen LogP contribution is 2.09. The van der Waals surface area contributed by atoms with Gasteiger partial charge in [-0.2, -0.15) is 11.8 Å². The summed E-state index contributed by atoms with van der Waals surface area (Å²) < 4.78 is 0. The number of aliphatic hydroxyl groups is 1. The zero-order valence-electron chi connectivity index (χ0n) is 9.75. The Bertz CT molecular complexity index is 194. The quantitative estimate of drug-likeness (QED) is 0.588. The third-order valence-corrected chi connectivity index (χ3v) is 3.16. The number of amides is 1. The van der Waals surface area contributed by atoms with Gasteiger partial charge >= 0.3 is 0 Å². The molecule has 0 heterocycles. The molecule has 4 nitrogen and oxygen atoms in total. The van der Waals surface area contributed by atoms with E-state index in [0.29, 0.717) is 12.3 Å². The zero-order chi connectivity index (χ0) is 11.9. The molecule has 0 aromatic rings. The molecule has 0 spiro atoms. The molecule has 4 N–H and O–H groups in total. The first-order valence-electron chi connectivity index (χ1n) is 5.16. The molecule has 90 valence electrons. The van der Waals surface area contributed by atoms with E-state index in [1.807, 2.05) is 13.2 Å². The summed E-state index contributed by atoms with van der Waals surface area (Å²) in [6, 6.07) is 0. The molecule has 5 heteroatoms. The predicted octanol–water partition coefficient (Wildman–Crippen LogP) is 0.202. The third kappa shape index (κ3) is 6.02. The Morgan fingerprint density at radius 2 is 2.27 bits per heavy atom. The van der Waals surface area contributed by atoms with Crippen LogP contribution in [0, 0.1) is 5.92 Å². The Kier molecular flexibility index (Phi) is 6.96. The van der Waals surface area contributed by atoms with Crippen molar-refractivity contribution in [3.63, 3.8) is 0 Å². The smallest absolute Gasteiger partial charge is 0.224 e. The molecule has 0 radical (unpaired) electrons. The maximum Gasteiger partial charge on any atom is 0.224 e. The summed E-state index contributed by atoms with van der Waals surface area (Å²) >= 11 is 1.55. The SMILES string of the molecule is CCC(CN)C(=O)NCC(C)(O)CSC. The van der Waals surface area contributed by atoms with Gasteiger partial charge in [-0.1, -0.05) is 6.92 Å². The third-order valence-electron chi connectivity index (χ3n) is 2.25. The van der Waals surface area contributed by atoms with E-state index < -0.39 is 5.60 Å². The number of carbonyl (C=O) groups is 1. The second-order valence-corrected chi connectivity index (χ2v) is 4.85. The van der Waals surface area contributed by atoms with Gasteiger partial charge in [0.15, 0.2) is 0 Å². The average Bonchev–Trinajstić information content (AvgIpc) is 2.17. The van der Waals surface area contributed by atoms with E-state index in [1.54, 1.807) is 18.7 Å². The van der Waals surface area contributed by atoms with Crippen LogP contribution in [0.4, 0.5) is 0 Å². The Hall–Kier alpha value is -0.260. The molecule has 2 unspecified atom stereocenters. The van der Waals surface area contributed by atoms with Crippen molar-refractivity contribution in [2.24, 2.45) is 11.7 Å². The molecule has 15 heavy (non-hydrogen) atoms. The van der Waals surface area contributed by atoms with Crippen LogP contribution in [-0.4, -0.2) is 41.7 Å². The first kappa shape index (κ1) is 14.7. The number of nitrogens with two attached hydrogens (primary N) is 1. The van der Waals surface area contributed by atoms with Gasteiger partial charge in [0.2, 0.25) is 5.91 Å². The molecule has 0 saturated heterocycles. The zero-order valence-corrected chi connectivity index (χ0v) is 10.6. The van der Waals surface area contributed by atoms with Crippen LogP contribution in [0.1, 0.15) is 20.3 Å². The normalized spacial score (nSPS) is 16.9. The molecule has 0 fully saturated rings. The molecule has 0 bridgehead atoms. The van der Waals surface area contributed by atoms with E-state index in [9.17, 15) is 9.90 Å². The molecule has 2 atom stereocenters. The van der Waals surface area contributed by atoms with Crippen molar-refractivity contribution in [1.29, 1.82) is 0 Å². The van der Waals surface area contributed by atoms with Crippen LogP contribution in [0.25, 0.3) is 0 Å². The maximum absolute atomic E-state index is 11.5. The highest BCUT2D eigenvalue weighted by molar-refractivity contribution is 7.98. The van der Waals surface area contributed by atoms with Crippen LogP contribution in [0.3, 0.4) is 0 Å². The van der Waals surface area contributed by atoms with E-state index in [4.69, 9.17) is 5.73 Å². The molecule has 0 saturated carbocycles. The largest absolute Gasteiger partial charge is 0.387 e. The molecule has 0 rings (SSSR count). The minimum atomic E-state index is -0.845. The Balaban J connectivity index is 3.98. The van der Waals surface area contributed by atoms with Gasteiger partial charge in [-0.05, 0) is 19.6 Å². The summed E-state index contributed by atoms with van der Waals surface area (Å²) in [6.07, 6.45) is 2.65. The van der Waals surface area contributed by atoms with Gasteiger partial charge in [0.05, 0.1) is 5.60 Å². The second-order valence-electron chi connectivity index (χ2n) is 3.99. The van der Waals surface area contributed by atoms with Crippen molar-refractivity contribution in [2.75, 3.05) is 25.1 Å². The second kappa shape index (κ2) is 7.09. The van der Waals surface area contributed by atoms with E-state index >= 15 is 0 Å². The summed E-state index contributed by atoms with van der Waals surface area (Å²) in [6.45, 7) is 4.28.